The minimum atomic E-state index is 0.142. The summed E-state index contributed by atoms with van der Waals surface area (Å²) in [6, 6.07) is 0. The van der Waals surface area contributed by atoms with E-state index in [1.807, 2.05) is 11.3 Å². The number of rotatable bonds is 4. The highest BCUT2D eigenvalue weighted by atomic mass is 32.1. The van der Waals surface area contributed by atoms with Crippen molar-refractivity contribution < 1.29 is 0 Å². The lowest BCUT2D eigenvalue weighted by molar-refractivity contribution is 0.288. The van der Waals surface area contributed by atoms with Gasteiger partial charge in [0.2, 0.25) is 0 Å². The summed E-state index contributed by atoms with van der Waals surface area (Å²) in [5.41, 5.74) is 1.79. The number of thiazole rings is 1. The Hall–Kier alpha value is -0.410. The van der Waals surface area contributed by atoms with Crippen LogP contribution in [0.15, 0.2) is 0 Å². The lowest BCUT2D eigenvalue weighted by Crippen LogP contribution is -2.41. The smallest absolute Gasteiger partial charge is 0.113 e. The summed E-state index contributed by atoms with van der Waals surface area (Å²) >= 11 is 1.89. The van der Waals surface area contributed by atoms with Crippen molar-refractivity contribution in [3.63, 3.8) is 0 Å². The molecular formula is C15H26N2S. The molecule has 1 atom stereocenters. The highest BCUT2D eigenvalue weighted by molar-refractivity contribution is 7.11. The molecule has 0 saturated heterocycles. The summed E-state index contributed by atoms with van der Waals surface area (Å²) in [5, 5.41) is 5.12. The molecule has 0 radical (unpaired) electrons. The third-order valence-electron chi connectivity index (χ3n) is 4.16. The summed E-state index contributed by atoms with van der Waals surface area (Å²) < 4.78 is 0. The zero-order valence-corrected chi connectivity index (χ0v) is 13.2. The van der Waals surface area contributed by atoms with Crippen molar-refractivity contribution >= 4 is 11.3 Å². The molecular weight excluding hydrogens is 240 g/mol. The van der Waals surface area contributed by atoms with Gasteiger partial charge in [-0.2, -0.15) is 0 Å². The molecule has 1 heterocycles. The van der Waals surface area contributed by atoms with Gasteiger partial charge in [-0.25, -0.2) is 4.98 Å². The number of nitrogens with one attached hydrogen (secondary N) is 1. The summed E-state index contributed by atoms with van der Waals surface area (Å²) in [7, 11) is 0. The number of nitrogens with zero attached hydrogens (tertiary/aromatic N) is 1. The molecule has 1 fully saturated rings. The van der Waals surface area contributed by atoms with E-state index in [1.165, 1.54) is 41.3 Å². The van der Waals surface area contributed by atoms with Gasteiger partial charge in [0.25, 0.3) is 0 Å². The Morgan fingerprint density at radius 1 is 1.28 bits per heavy atom. The largest absolute Gasteiger partial charge is 0.305 e. The van der Waals surface area contributed by atoms with Crippen molar-refractivity contribution in [2.24, 2.45) is 5.41 Å². The van der Waals surface area contributed by atoms with E-state index in [2.05, 4.69) is 39.9 Å². The maximum atomic E-state index is 4.84. The van der Waals surface area contributed by atoms with Crippen molar-refractivity contribution in [1.29, 1.82) is 0 Å². The van der Waals surface area contributed by atoms with Crippen LogP contribution >= 0.6 is 11.3 Å². The zero-order chi connectivity index (χ0) is 13.4. The molecule has 0 bridgehead atoms. The highest BCUT2D eigenvalue weighted by Crippen LogP contribution is 2.50. The lowest BCUT2D eigenvalue weighted by atomic mass is 9.88. The molecule has 18 heavy (non-hydrogen) atoms. The predicted molar refractivity (Wildman–Crippen MR) is 79.2 cm³/mol. The maximum absolute atomic E-state index is 4.84. The Bertz CT molecular complexity index is 403. The van der Waals surface area contributed by atoms with E-state index in [-0.39, 0.29) is 5.54 Å². The first-order valence-electron chi connectivity index (χ1n) is 7.08. The molecule has 3 heteroatoms. The first-order chi connectivity index (χ1) is 8.38. The Morgan fingerprint density at radius 2 is 2.00 bits per heavy atom. The first-order valence-corrected chi connectivity index (χ1v) is 7.90. The number of aromatic nitrogens is 1. The fourth-order valence-electron chi connectivity index (χ4n) is 3.00. The molecule has 0 amide bonds. The van der Waals surface area contributed by atoms with E-state index in [1.54, 1.807) is 0 Å². The van der Waals surface area contributed by atoms with Crippen LogP contribution in [-0.4, -0.2) is 11.5 Å². The second-order valence-corrected chi connectivity index (χ2v) is 7.71. The minimum absolute atomic E-state index is 0.142. The quantitative estimate of drug-likeness (QED) is 0.885. The molecule has 1 aromatic rings. The average Bonchev–Trinajstić information content (AvgIpc) is 2.79. The van der Waals surface area contributed by atoms with E-state index >= 15 is 0 Å². The van der Waals surface area contributed by atoms with E-state index in [4.69, 9.17) is 4.98 Å². The second kappa shape index (κ2) is 4.93. The molecule has 1 aromatic heterocycles. The van der Waals surface area contributed by atoms with Crippen LogP contribution in [0.4, 0.5) is 0 Å². The molecule has 1 aliphatic carbocycles. The third-order valence-corrected chi connectivity index (χ3v) is 5.44. The standard InChI is InChI=1S/C15H26N2S/c1-6-9-16-15(8-7-14(4,5)10-15)13-17-11(2)12(3)18-13/h16H,6-10H2,1-5H3. The van der Waals surface area contributed by atoms with Crippen LogP contribution in [0.2, 0.25) is 0 Å². The van der Waals surface area contributed by atoms with Crippen molar-refractivity contribution in [3.8, 4) is 0 Å². The molecule has 102 valence electrons. The molecule has 1 saturated carbocycles. The van der Waals surface area contributed by atoms with Crippen molar-refractivity contribution in [2.75, 3.05) is 6.54 Å². The van der Waals surface area contributed by atoms with E-state index in [0.717, 1.165) is 6.54 Å². The van der Waals surface area contributed by atoms with Crippen LogP contribution in [0.25, 0.3) is 0 Å². The van der Waals surface area contributed by atoms with Gasteiger partial charge < -0.3 is 5.32 Å². The SMILES string of the molecule is CCCNC1(c2nc(C)c(C)s2)CCC(C)(C)C1. The van der Waals surface area contributed by atoms with Gasteiger partial charge in [0.15, 0.2) is 0 Å². The molecule has 1 N–H and O–H groups in total. The van der Waals surface area contributed by atoms with Gasteiger partial charge >= 0.3 is 0 Å². The van der Waals surface area contributed by atoms with E-state index < -0.39 is 0 Å². The Morgan fingerprint density at radius 3 is 2.44 bits per heavy atom. The monoisotopic (exact) mass is 266 g/mol. The summed E-state index contributed by atoms with van der Waals surface area (Å²) in [6.45, 7) is 12.4. The van der Waals surface area contributed by atoms with Crippen LogP contribution in [0.3, 0.4) is 0 Å². The highest BCUT2D eigenvalue weighted by Gasteiger charge is 2.45. The minimum Gasteiger partial charge on any atom is -0.305 e. The average molecular weight is 266 g/mol. The maximum Gasteiger partial charge on any atom is 0.113 e. The van der Waals surface area contributed by atoms with E-state index in [0.29, 0.717) is 5.41 Å². The lowest BCUT2D eigenvalue weighted by Gasteiger charge is -2.30. The summed E-state index contributed by atoms with van der Waals surface area (Å²) in [5.74, 6) is 0. The molecule has 0 spiro atoms. The van der Waals surface area contributed by atoms with Crippen LogP contribution in [0, 0.1) is 19.3 Å². The van der Waals surface area contributed by atoms with Gasteiger partial charge in [0.05, 0.1) is 11.2 Å². The summed E-state index contributed by atoms with van der Waals surface area (Å²) in [4.78, 5) is 6.21. The number of aryl methyl sites for hydroxylation is 2. The van der Waals surface area contributed by atoms with Crippen LogP contribution in [-0.2, 0) is 5.54 Å². The Balaban J connectivity index is 2.31. The topological polar surface area (TPSA) is 24.9 Å². The van der Waals surface area contributed by atoms with Crippen LogP contribution < -0.4 is 5.32 Å². The zero-order valence-electron chi connectivity index (χ0n) is 12.4. The van der Waals surface area contributed by atoms with Crippen LogP contribution in [0.5, 0.6) is 0 Å². The molecule has 0 aliphatic heterocycles. The van der Waals surface area contributed by atoms with Gasteiger partial charge in [-0.05, 0) is 51.5 Å². The third kappa shape index (κ3) is 2.62. The van der Waals surface area contributed by atoms with Gasteiger partial charge in [-0.15, -0.1) is 11.3 Å². The molecule has 1 unspecified atom stereocenters. The normalized spacial score (nSPS) is 26.7. The Labute approximate surface area is 115 Å². The number of hydrogen-bond acceptors (Lipinski definition) is 3. The van der Waals surface area contributed by atoms with Gasteiger partial charge in [-0.1, -0.05) is 20.8 Å². The van der Waals surface area contributed by atoms with Crippen LogP contribution in [0.1, 0.15) is 62.0 Å². The van der Waals surface area contributed by atoms with Gasteiger partial charge in [0.1, 0.15) is 5.01 Å². The second-order valence-electron chi connectivity index (χ2n) is 6.51. The van der Waals surface area contributed by atoms with E-state index in [9.17, 15) is 0 Å². The van der Waals surface area contributed by atoms with Gasteiger partial charge in [0, 0.05) is 4.88 Å². The van der Waals surface area contributed by atoms with Gasteiger partial charge in [-0.3, -0.25) is 0 Å². The molecule has 2 nitrogen and oxygen atoms in total. The predicted octanol–water partition coefficient (Wildman–Crippen LogP) is 4.16. The van der Waals surface area contributed by atoms with Crippen molar-refractivity contribution in [1.82, 2.24) is 10.3 Å². The molecule has 1 aliphatic rings. The Kier molecular flexibility index (Phi) is 3.84. The molecule has 0 aromatic carbocycles. The van der Waals surface area contributed by atoms with Crippen molar-refractivity contribution in [3.05, 3.63) is 15.6 Å². The fourth-order valence-corrected chi connectivity index (χ4v) is 4.10. The fraction of sp³-hybridized carbons (Fsp3) is 0.800. The molecule has 2 rings (SSSR count). The number of hydrogen-bond donors (Lipinski definition) is 1. The van der Waals surface area contributed by atoms with Crippen molar-refractivity contribution in [2.45, 2.75) is 65.8 Å². The first kappa shape index (κ1) is 14.0. The summed E-state index contributed by atoms with van der Waals surface area (Å²) in [6.07, 6.45) is 4.92.